The average molecular weight is 381 g/mol. The van der Waals surface area contributed by atoms with Gasteiger partial charge in [-0.3, -0.25) is 4.79 Å². The monoisotopic (exact) mass is 380 g/mol. The lowest BCUT2D eigenvalue weighted by Gasteiger charge is -2.32. The fraction of sp³-hybridized carbons (Fsp3) is 0.611. The van der Waals surface area contributed by atoms with Crippen LogP contribution in [0.3, 0.4) is 0 Å². The molecule has 5 heteroatoms. The zero-order chi connectivity index (χ0) is 16.2. The number of halogens is 1. The van der Waals surface area contributed by atoms with Crippen molar-refractivity contribution in [1.29, 1.82) is 0 Å². The van der Waals surface area contributed by atoms with Crippen LogP contribution in [-0.2, 0) is 9.53 Å². The molecule has 1 aliphatic heterocycles. The molecular weight excluding hydrogens is 356 g/mol. The summed E-state index contributed by atoms with van der Waals surface area (Å²) in [6.45, 7) is 3.07. The van der Waals surface area contributed by atoms with E-state index in [9.17, 15) is 4.79 Å². The van der Waals surface area contributed by atoms with Crippen molar-refractivity contribution in [2.75, 3.05) is 26.2 Å². The van der Waals surface area contributed by atoms with Crippen LogP contribution in [0.15, 0.2) is 28.7 Å². The second kappa shape index (κ2) is 7.77. The van der Waals surface area contributed by atoms with Gasteiger partial charge in [0.15, 0.2) is 0 Å². The summed E-state index contributed by atoms with van der Waals surface area (Å²) >= 11 is 3.51. The molecule has 3 rings (SSSR count). The highest BCUT2D eigenvalue weighted by atomic mass is 79.9. The van der Waals surface area contributed by atoms with Crippen LogP contribution in [-0.4, -0.2) is 43.2 Å². The maximum absolute atomic E-state index is 12.7. The van der Waals surface area contributed by atoms with Crippen LogP contribution in [0.5, 0.6) is 0 Å². The minimum absolute atomic E-state index is 0.180. The maximum atomic E-state index is 12.7. The normalized spacial score (nSPS) is 24.7. The molecule has 23 heavy (non-hydrogen) atoms. The predicted octanol–water partition coefficient (Wildman–Crippen LogP) is 2.91. The molecule has 0 spiro atoms. The summed E-state index contributed by atoms with van der Waals surface area (Å²) in [5.41, 5.74) is 6.76. The lowest BCUT2D eigenvalue weighted by molar-refractivity contribution is -0.135. The quantitative estimate of drug-likeness (QED) is 0.771. The van der Waals surface area contributed by atoms with Gasteiger partial charge in [0.05, 0.1) is 6.10 Å². The van der Waals surface area contributed by atoms with E-state index in [4.69, 9.17) is 10.5 Å². The van der Waals surface area contributed by atoms with E-state index >= 15 is 0 Å². The molecule has 1 saturated carbocycles. The molecule has 0 bridgehead atoms. The number of ether oxygens (including phenoxy) is 1. The molecule has 0 aromatic heterocycles. The number of nitrogens with zero attached hydrogens (tertiary/aromatic N) is 1. The number of rotatable bonds is 6. The fourth-order valence-electron chi connectivity index (χ4n) is 3.38. The van der Waals surface area contributed by atoms with Gasteiger partial charge in [0.2, 0.25) is 5.91 Å². The molecule has 1 saturated heterocycles. The van der Waals surface area contributed by atoms with E-state index < -0.39 is 0 Å². The van der Waals surface area contributed by atoms with Crippen molar-refractivity contribution in [3.05, 3.63) is 34.3 Å². The second-order valence-corrected chi connectivity index (χ2v) is 7.46. The summed E-state index contributed by atoms with van der Waals surface area (Å²) in [6, 6.07) is 8.33. The van der Waals surface area contributed by atoms with E-state index in [1.165, 1.54) is 5.56 Å². The number of likely N-dealkylation sites (tertiary alicyclic amines) is 1. The Morgan fingerprint density at radius 3 is 2.83 bits per heavy atom. The van der Waals surface area contributed by atoms with E-state index in [0.29, 0.717) is 24.5 Å². The average Bonchev–Trinajstić information content (AvgIpc) is 3.36. The van der Waals surface area contributed by atoms with Gasteiger partial charge in [0.25, 0.3) is 0 Å². The molecule has 2 unspecified atom stereocenters. The SMILES string of the molecule is NCCCOC1CCN(C(=O)C2CC2c2cccc(Br)c2)CC1. The Bertz CT molecular complexity index is 544. The molecule has 0 radical (unpaired) electrons. The third-order valence-corrected chi connectivity index (χ3v) is 5.33. The molecule has 1 aromatic rings. The van der Waals surface area contributed by atoms with E-state index in [1.807, 2.05) is 17.0 Å². The number of benzene rings is 1. The van der Waals surface area contributed by atoms with Crippen molar-refractivity contribution in [2.24, 2.45) is 11.7 Å². The third-order valence-electron chi connectivity index (χ3n) is 4.84. The zero-order valence-corrected chi connectivity index (χ0v) is 15.0. The number of hydrogen-bond acceptors (Lipinski definition) is 3. The van der Waals surface area contributed by atoms with Gasteiger partial charge >= 0.3 is 0 Å². The van der Waals surface area contributed by atoms with Crippen molar-refractivity contribution in [3.63, 3.8) is 0 Å². The van der Waals surface area contributed by atoms with Gasteiger partial charge in [-0.05, 0) is 55.8 Å². The summed E-state index contributed by atoms with van der Waals surface area (Å²) in [6.07, 6.45) is 4.10. The molecule has 1 aromatic carbocycles. The summed E-state index contributed by atoms with van der Waals surface area (Å²) < 4.78 is 6.89. The van der Waals surface area contributed by atoms with E-state index in [0.717, 1.165) is 49.9 Å². The first-order valence-corrected chi connectivity index (χ1v) is 9.34. The minimum Gasteiger partial charge on any atom is -0.378 e. The van der Waals surface area contributed by atoms with E-state index in [1.54, 1.807) is 0 Å². The number of nitrogens with two attached hydrogens (primary N) is 1. The first-order valence-electron chi connectivity index (χ1n) is 8.55. The number of amides is 1. The summed E-state index contributed by atoms with van der Waals surface area (Å²) in [5, 5.41) is 0. The standard InChI is InChI=1S/C18H25BrN2O2/c19-14-4-1-3-13(11-14)16-12-17(16)18(22)21-8-5-15(6-9-21)23-10-2-7-20/h1,3-4,11,15-17H,2,5-10,12,20H2. The number of carbonyl (C=O) groups is 1. The molecular formula is C18H25BrN2O2. The van der Waals surface area contributed by atoms with E-state index in [-0.39, 0.29) is 5.92 Å². The topological polar surface area (TPSA) is 55.6 Å². The molecule has 4 nitrogen and oxygen atoms in total. The Morgan fingerprint density at radius 1 is 1.35 bits per heavy atom. The number of piperidine rings is 1. The van der Waals surface area contributed by atoms with Crippen molar-refractivity contribution in [2.45, 2.75) is 37.7 Å². The molecule has 2 atom stereocenters. The summed E-state index contributed by atoms with van der Waals surface area (Å²) in [7, 11) is 0. The highest BCUT2D eigenvalue weighted by Gasteiger charge is 2.46. The smallest absolute Gasteiger partial charge is 0.226 e. The Balaban J connectivity index is 1.46. The van der Waals surface area contributed by atoms with Crippen LogP contribution in [0, 0.1) is 5.92 Å². The van der Waals surface area contributed by atoms with Gasteiger partial charge in [-0.1, -0.05) is 28.1 Å². The molecule has 2 aliphatic rings. The largest absolute Gasteiger partial charge is 0.378 e. The maximum Gasteiger partial charge on any atom is 0.226 e. The predicted molar refractivity (Wildman–Crippen MR) is 94.2 cm³/mol. The molecule has 2 N–H and O–H groups in total. The lowest BCUT2D eigenvalue weighted by atomic mass is 10.1. The van der Waals surface area contributed by atoms with Gasteiger partial charge in [-0.2, -0.15) is 0 Å². The summed E-state index contributed by atoms with van der Waals surface area (Å²) in [5.74, 6) is 0.910. The molecule has 126 valence electrons. The zero-order valence-electron chi connectivity index (χ0n) is 13.4. The van der Waals surface area contributed by atoms with Gasteiger partial charge in [0.1, 0.15) is 0 Å². The number of hydrogen-bond donors (Lipinski definition) is 1. The van der Waals surface area contributed by atoms with E-state index in [2.05, 4.69) is 28.1 Å². The van der Waals surface area contributed by atoms with Crippen molar-refractivity contribution in [3.8, 4) is 0 Å². The molecule has 2 fully saturated rings. The van der Waals surface area contributed by atoms with Crippen LogP contribution < -0.4 is 5.73 Å². The fourth-order valence-corrected chi connectivity index (χ4v) is 3.80. The Labute approximate surface area is 146 Å². The lowest BCUT2D eigenvalue weighted by Crippen LogP contribution is -2.42. The number of carbonyl (C=O) groups excluding carboxylic acids is 1. The highest BCUT2D eigenvalue weighted by molar-refractivity contribution is 9.10. The first kappa shape index (κ1) is 16.9. The minimum atomic E-state index is 0.180. The van der Waals surface area contributed by atoms with Gasteiger partial charge in [-0.15, -0.1) is 0 Å². The van der Waals surface area contributed by atoms with Crippen LogP contribution in [0.2, 0.25) is 0 Å². The molecule has 1 amide bonds. The van der Waals surface area contributed by atoms with Crippen LogP contribution >= 0.6 is 15.9 Å². The van der Waals surface area contributed by atoms with Crippen molar-refractivity contribution >= 4 is 21.8 Å². The van der Waals surface area contributed by atoms with Gasteiger partial charge in [0, 0.05) is 30.1 Å². The Morgan fingerprint density at radius 2 is 2.13 bits per heavy atom. The van der Waals surface area contributed by atoms with Crippen molar-refractivity contribution in [1.82, 2.24) is 4.90 Å². The van der Waals surface area contributed by atoms with Crippen LogP contribution in [0.25, 0.3) is 0 Å². The van der Waals surface area contributed by atoms with Gasteiger partial charge in [-0.25, -0.2) is 0 Å². The van der Waals surface area contributed by atoms with Crippen molar-refractivity contribution < 1.29 is 9.53 Å². The van der Waals surface area contributed by atoms with Crippen LogP contribution in [0.4, 0.5) is 0 Å². The Kier molecular flexibility index (Phi) is 5.72. The summed E-state index contributed by atoms with van der Waals surface area (Å²) in [4.78, 5) is 14.7. The third kappa shape index (κ3) is 4.34. The highest BCUT2D eigenvalue weighted by Crippen LogP contribution is 2.49. The van der Waals surface area contributed by atoms with Gasteiger partial charge < -0.3 is 15.4 Å². The Hall–Kier alpha value is -0.910. The van der Waals surface area contributed by atoms with Crippen LogP contribution in [0.1, 0.15) is 37.2 Å². The second-order valence-electron chi connectivity index (χ2n) is 6.54. The first-order chi connectivity index (χ1) is 11.2. The molecule has 1 heterocycles. The molecule has 1 aliphatic carbocycles.